The molecule has 0 atom stereocenters. The van der Waals surface area contributed by atoms with E-state index in [1.54, 1.807) is 31.4 Å². The van der Waals surface area contributed by atoms with E-state index in [1.807, 2.05) is 59.5 Å². The van der Waals surface area contributed by atoms with Gasteiger partial charge in [-0.25, -0.2) is 0 Å². The number of anilines is 2. The zero-order valence-electron chi connectivity index (χ0n) is 18.9. The van der Waals surface area contributed by atoms with Crippen LogP contribution in [0.3, 0.4) is 0 Å². The Hall–Kier alpha value is -3.91. The maximum absolute atomic E-state index is 12.6. The van der Waals surface area contributed by atoms with Crippen molar-refractivity contribution < 1.29 is 14.3 Å². The summed E-state index contributed by atoms with van der Waals surface area (Å²) in [5.41, 5.74) is 3.07. The first-order valence-corrected chi connectivity index (χ1v) is 11.4. The van der Waals surface area contributed by atoms with Gasteiger partial charge >= 0.3 is 0 Å². The van der Waals surface area contributed by atoms with E-state index in [-0.39, 0.29) is 16.9 Å². The van der Waals surface area contributed by atoms with Crippen molar-refractivity contribution in [1.29, 1.82) is 0 Å². The second-order valence-corrected chi connectivity index (χ2v) is 8.24. The van der Waals surface area contributed by atoms with Gasteiger partial charge in [-0.05, 0) is 72.9 Å². The molecule has 0 saturated carbocycles. The van der Waals surface area contributed by atoms with Crippen molar-refractivity contribution in [1.82, 2.24) is 10.2 Å². The van der Waals surface area contributed by atoms with Gasteiger partial charge in [0.25, 0.3) is 11.8 Å². The average molecular weight is 475 g/mol. The Balaban J connectivity index is 1.27. The van der Waals surface area contributed by atoms with Gasteiger partial charge in [0.2, 0.25) is 0 Å². The van der Waals surface area contributed by atoms with Gasteiger partial charge in [-0.15, -0.1) is 0 Å². The van der Waals surface area contributed by atoms with E-state index in [4.69, 9.17) is 17.0 Å². The molecule has 1 aliphatic rings. The van der Waals surface area contributed by atoms with Crippen LogP contribution in [0.2, 0.25) is 0 Å². The molecule has 1 saturated heterocycles. The van der Waals surface area contributed by atoms with Gasteiger partial charge < -0.3 is 19.9 Å². The van der Waals surface area contributed by atoms with Crippen LogP contribution in [0.5, 0.6) is 5.75 Å². The molecule has 2 amide bonds. The minimum absolute atomic E-state index is 0.0741. The number of methoxy groups -OCH3 is 1. The van der Waals surface area contributed by atoms with Crippen LogP contribution in [-0.4, -0.2) is 55.1 Å². The molecule has 0 aliphatic carbocycles. The summed E-state index contributed by atoms with van der Waals surface area (Å²) in [4.78, 5) is 29.1. The molecule has 174 valence electrons. The lowest BCUT2D eigenvalue weighted by atomic mass is 10.1. The van der Waals surface area contributed by atoms with E-state index in [0.717, 1.165) is 30.0 Å². The predicted molar refractivity (Wildman–Crippen MR) is 138 cm³/mol. The zero-order chi connectivity index (χ0) is 23.9. The monoisotopic (exact) mass is 474 g/mol. The molecule has 0 bridgehead atoms. The quantitative estimate of drug-likeness (QED) is 0.549. The molecule has 1 fully saturated rings. The summed E-state index contributed by atoms with van der Waals surface area (Å²) in [6.07, 6.45) is 0. The minimum Gasteiger partial charge on any atom is -0.497 e. The molecule has 0 aromatic heterocycles. The highest BCUT2D eigenvalue weighted by Gasteiger charge is 2.22. The Labute approximate surface area is 204 Å². The van der Waals surface area contributed by atoms with Crippen molar-refractivity contribution in [2.45, 2.75) is 0 Å². The van der Waals surface area contributed by atoms with Crippen LogP contribution in [0.4, 0.5) is 11.4 Å². The molecular weight excluding hydrogens is 448 g/mol. The lowest BCUT2D eigenvalue weighted by Gasteiger charge is -2.36. The summed E-state index contributed by atoms with van der Waals surface area (Å²) in [6, 6.07) is 24.0. The van der Waals surface area contributed by atoms with Gasteiger partial charge in [-0.1, -0.05) is 18.2 Å². The molecular formula is C26H26N4O3S. The second kappa shape index (κ2) is 10.8. The summed E-state index contributed by atoms with van der Waals surface area (Å²) in [7, 11) is 1.58. The van der Waals surface area contributed by atoms with Crippen LogP contribution in [-0.2, 0) is 0 Å². The van der Waals surface area contributed by atoms with Crippen molar-refractivity contribution in [3.05, 3.63) is 90.0 Å². The topological polar surface area (TPSA) is 73.9 Å². The fourth-order valence-electron chi connectivity index (χ4n) is 3.77. The first kappa shape index (κ1) is 23.3. The molecule has 7 nitrogen and oxygen atoms in total. The van der Waals surface area contributed by atoms with E-state index >= 15 is 0 Å². The molecule has 0 radical (unpaired) electrons. The van der Waals surface area contributed by atoms with Gasteiger partial charge in [0.05, 0.1) is 7.11 Å². The molecule has 0 spiro atoms. The smallest absolute Gasteiger partial charge is 0.257 e. The summed E-state index contributed by atoms with van der Waals surface area (Å²) < 4.78 is 5.11. The number of hydrogen-bond acceptors (Lipinski definition) is 5. The normalized spacial score (nSPS) is 13.2. The molecule has 8 heteroatoms. The van der Waals surface area contributed by atoms with Crippen LogP contribution in [0.15, 0.2) is 78.9 Å². The average Bonchev–Trinajstić information content (AvgIpc) is 2.89. The van der Waals surface area contributed by atoms with Gasteiger partial charge in [0, 0.05) is 48.7 Å². The van der Waals surface area contributed by atoms with Gasteiger partial charge in [0.1, 0.15) is 5.75 Å². The Morgan fingerprint density at radius 2 is 1.47 bits per heavy atom. The molecule has 1 heterocycles. The summed E-state index contributed by atoms with van der Waals surface area (Å²) in [5, 5.41) is 5.94. The molecule has 0 unspecified atom stereocenters. The largest absolute Gasteiger partial charge is 0.497 e. The van der Waals surface area contributed by atoms with E-state index in [1.165, 1.54) is 0 Å². The molecule has 3 aromatic carbocycles. The van der Waals surface area contributed by atoms with Crippen LogP contribution < -0.4 is 20.3 Å². The third-order valence-corrected chi connectivity index (χ3v) is 5.86. The highest BCUT2D eigenvalue weighted by atomic mass is 32.1. The number of nitrogens with one attached hydrogen (secondary N) is 2. The van der Waals surface area contributed by atoms with Crippen molar-refractivity contribution in [2.75, 3.05) is 43.5 Å². The predicted octanol–water partition coefficient (Wildman–Crippen LogP) is 3.78. The molecule has 34 heavy (non-hydrogen) atoms. The van der Waals surface area contributed by atoms with Crippen molar-refractivity contribution >= 4 is 40.5 Å². The fourth-order valence-corrected chi connectivity index (χ4v) is 3.98. The highest BCUT2D eigenvalue weighted by Crippen LogP contribution is 2.20. The van der Waals surface area contributed by atoms with Crippen LogP contribution in [0.25, 0.3) is 0 Å². The summed E-state index contributed by atoms with van der Waals surface area (Å²) in [6.45, 7) is 2.88. The van der Waals surface area contributed by atoms with E-state index in [0.29, 0.717) is 24.4 Å². The number of nitrogens with zero attached hydrogens (tertiary/aromatic N) is 2. The molecule has 2 N–H and O–H groups in total. The summed E-state index contributed by atoms with van der Waals surface area (Å²) in [5.74, 6) is 0.464. The third-order valence-electron chi connectivity index (χ3n) is 5.66. The molecule has 3 aromatic rings. The van der Waals surface area contributed by atoms with E-state index in [2.05, 4.69) is 15.5 Å². The Morgan fingerprint density at radius 1 is 0.824 bits per heavy atom. The van der Waals surface area contributed by atoms with Crippen LogP contribution >= 0.6 is 12.2 Å². The Bertz CT molecular complexity index is 1140. The Morgan fingerprint density at radius 3 is 2.09 bits per heavy atom. The van der Waals surface area contributed by atoms with Crippen LogP contribution in [0, 0.1) is 0 Å². The lowest BCUT2D eigenvalue weighted by Crippen LogP contribution is -2.48. The van der Waals surface area contributed by atoms with Crippen molar-refractivity contribution in [2.24, 2.45) is 0 Å². The number of thiocarbonyl (C=S) groups is 1. The highest BCUT2D eigenvalue weighted by molar-refractivity contribution is 7.80. The van der Waals surface area contributed by atoms with Crippen molar-refractivity contribution in [3.8, 4) is 5.75 Å². The number of benzene rings is 3. The van der Waals surface area contributed by atoms with Crippen molar-refractivity contribution in [3.63, 3.8) is 0 Å². The van der Waals surface area contributed by atoms with E-state index in [9.17, 15) is 9.59 Å². The third kappa shape index (κ3) is 5.71. The fraction of sp³-hybridized carbons (Fsp3) is 0.192. The number of ether oxygens (including phenoxy) is 1. The molecule has 4 rings (SSSR count). The minimum atomic E-state index is -0.292. The first-order chi connectivity index (χ1) is 16.5. The molecule has 1 aliphatic heterocycles. The number of carbonyl (C=O) groups is 2. The van der Waals surface area contributed by atoms with Gasteiger partial charge in [0.15, 0.2) is 5.11 Å². The number of amides is 2. The first-order valence-electron chi connectivity index (χ1n) is 11.0. The SMILES string of the molecule is COc1ccc(C(=O)NC(=S)Nc2ccc(N3CCN(C(=O)c4ccccc4)CC3)cc2)cc1. The second-order valence-electron chi connectivity index (χ2n) is 7.83. The van der Waals surface area contributed by atoms with Crippen LogP contribution in [0.1, 0.15) is 20.7 Å². The summed E-state index contributed by atoms with van der Waals surface area (Å²) >= 11 is 5.28. The van der Waals surface area contributed by atoms with Gasteiger partial charge in [-0.2, -0.15) is 0 Å². The number of hydrogen-bond donors (Lipinski definition) is 2. The zero-order valence-corrected chi connectivity index (χ0v) is 19.7. The number of piperazine rings is 1. The Kier molecular flexibility index (Phi) is 7.39. The van der Waals surface area contributed by atoms with Gasteiger partial charge in [-0.3, -0.25) is 14.9 Å². The standard InChI is InChI=1S/C26H26N4O3S/c1-33-23-13-7-19(8-14-23)24(31)28-26(34)27-21-9-11-22(12-10-21)29-15-17-30(18-16-29)25(32)20-5-3-2-4-6-20/h2-14H,15-18H2,1H3,(H2,27,28,31,34). The maximum Gasteiger partial charge on any atom is 0.257 e. The number of rotatable bonds is 5. The maximum atomic E-state index is 12.6. The number of carbonyl (C=O) groups excluding carboxylic acids is 2. The van der Waals surface area contributed by atoms with E-state index < -0.39 is 0 Å². The lowest BCUT2D eigenvalue weighted by molar-refractivity contribution is 0.0746.